The standard InChI is InChI=1S/C29H26BrFN2O4S/c1-17(19-7-9-21(30)10-8-19)16-33(38(2,35)36)25-15-26-24(14-23(25)20-5-6-20)28(29(32)34)27(37-26)13-18-3-11-22(31)12-4-18/h3-4,7-12,14-15,20H,1,5-6,13,16H2,2H3,(H2,32,34). The number of nitrogens with zero attached hydrogens (tertiary/aromatic N) is 1. The summed E-state index contributed by atoms with van der Waals surface area (Å²) >= 11 is 3.42. The fraction of sp³-hybridized carbons (Fsp3) is 0.207. The summed E-state index contributed by atoms with van der Waals surface area (Å²) < 4.78 is 47.9. The molecule has 2 N–H and O–H groups in total. The van der Waals surface area contributed by atoms with Gasteiger partial charge < -0.3 is 10.2 Å². The third kappa shape index (κ3) is 5.39. The molecule has 6 nitrogen and oxygen atoms in total. The number of hydrogen-bond acceptors (Lipinski definition) is 4. The number of halogens is 2. The van der Waals surface area contributed by atoms with Gasteiger partial charge in [0.2, 0.25) is 10.0 Å². The molecule has 38 heavy (non-hydrogen) atoms. The second kappa shape index (κ2) is 10.0. The molecule has 1 aromatic heterocycles. The molecule has 1 saturated carbocycles. The van der Waals surface area contributed by atoms with E-state index < -0.39 is 15.9 Å². The van der Waals surface area contributed by atoms with Crippen LogP contribution in [0.3, 0.4) is 0 Å². The van der Waals surface area contributed by atoms with Crippen LogP contribution in [0.1, 0.15) is 51.6 Å². The quantitative estimate of drug-likeness (QED) is 0.242. The highest BCUT2D eigenvalue weighted by molar-refractivity contribution is 9.10. The molecule has 0 saturated heterocycles. The first-order valence-corrected chi connectivity index (χ1v) is 14.7. The van der Waals surface area contributed by atoms with Crippen molar-refractivity contribution in [3.05, 3.63) is 106 Å². The second-order valence-corrected chi connectivity index (χ2v) is 12.5. The van der Waals surface area contributed by atoms with E-state index in [0.717, 1.165) is 34.0 Å². The van der Waals surface area contributed by atoms with Crippen molar-refractivity contribution in [1.29, 1.82) is 0 Å². The van der Waals surface area contributed by atoms with E-state index in [-0.39, 0.29) is 30.3 Å². The van der Waals surface area contributed by atoms with Gasteiger partial charge in [0, 0.05) is 22.3 Å². The van der Waals surface area contributed by atoms with Crippen LogP contribution in [0.25, 0.3) is 16.5 Å². The van der Waals surface area contributed by atoms with Crippen LogP contribution in [0.2, 0.25) is 0 Å². The number of sulfonamides is 1. The molecule has 9 heteroatoms. The predicted molar refractivity (Wildman–Crippen MR) is 151 cm³/mol. The lowest BCUT2D eigenvalue weighted by molar-refractivity contribution is 0.1000. The van der Waals surface area contributed by atoms with Gasteiger partial charge in [0.1, 0.15) is 17.2 Å². The van der Waals surface area contributed by atoms with Crippen molar-refractivity contribution in [1.82, 2.24) is 0 Å². The molecule has 0 unspecified atom stereocenters. The number of furan rings is 1. The van der Waals surface area contributed by atoms with Gasteiger partial charge in [-0.2, -0.15) is 0 Å². The molecule has 0 spiro atoms. The van der Waals surface area contributed by atoms with Crippen molar-refractivity contribution >= 4 is 54.1 Å². The third-order valence-electron chi connectivity index (χ3n) is 6.71. The summed E-state index contributed by atoms with van der Waals surface area (Å²) in [5, 5.41) is 0.542. The van der Waals surface area contributed by atoms with Crippen LogP contribution in [0, 0.1) is 5.82 Å². The average Bonchev–Trinajstić information content (AvgIpc) is 3.64. The summed E-state index contributed by atoms with van der Waals surface area (Å²) in [7, 11) is -3.70. The molecule has 0 aliphatic heterocycles. The number of fused-ring (bicyclic) bond motifs is 1. The molecule has 4 aromatic rings. The van der Waals surface area contributed by atoms with Gasteiger partial charge in [0.15, 0.2) is 0 Å². The van der Waals surface area contributed by atoms with Crippen molar-refractivity contribution in [2.75, 3.05) is 17.1 Å². The first-order chi connectivity index (χ1) is 18.0. The maximum absolute atomic E-state index is 13.4. The summed E-state index contributed by atoms with van der Waals surface area (Å²) in [6, 6.07) is 17.0. The highest BCUT2D eigenvalue weighted by Gasteiger charge is 2.33. The fourth-order valence-corrected chi connectivity index (χ4v) is 5.82. The molecular formula is C29H26BrFN2O4S. The molecule has 0 bridgehead atoms. The van der Waals surface area contributed by atoms with Crippen molar-refractivity contribution in [3.63, 3.8) is 0 Å². The summed E-state index contributed by atoms with van der Waals surface area (Å²) in [4.78, 5) is 12.5. The van der Waals surface area contributed by atoms with Gasteiger partial charge in [-0.15, -0.1) is 0 Å². The molecule has 196 valence electrons. The lowest BCUT2D eigenvalue weighted by Crippen LogP contribution is -2.32. The first-order valence-electron chi connectivity index (χ1n) is 12.1. The van der Waals surface area contributed by atoms with Crippen molar-refractivity contribution < 1.29 is 22.0 Å². The van der Waals surface area contributed by atoms with Gasteiger partial charge in [-0.1, -0.05) is 46.8 Å². The highest BCUT2D eigenvalue weighted by Crippen LogP contribution is 2.47. The molecule has 1 amide bonds. The van der Waals surface area contributed by atoms with Gasteiger partial charge in [-0.25, -0.2) is 12.8 Å². The van der Waals surface area contributed by atoms with Crippen LogP contribution in [-0.2, 0) is 16.4 Å². The second-order valence-electron chi connectivity index (χ2n) is 9.63. The third-order valence-corrected chi connectivity index (χ3v) is 8.36. The molecule has 3 aromatic carbocycles. The molecular weight excluding hydrogens is 571 g/mol. The molecule has 1 fully saturated rings. The lowest BCUT2D eigenvalue weighted by atomic mass is 10.00. The van der Waals surface area contributed by atoms with E-state index in [2.05, 4.69) is 22.5 Å². The number of carbonyl (C=O) groups excluding carboxylic acids is 1. The number of carbonyl (C=O) groups is 1. The molecule has 0 radical (unpaired) electrons. The Hall–Kier alpha value is -3.43. The highest BCUT2D eigenvalue weighted by atomic mass is 79.9. The molecule has 1 heterocycles. The van der Waals surface area contributed by atoms with Crippen LogP contribution < -0.4 is 10.0 Å². The lowest BCUT2D eigenvalue weighted by Gasteiger charge is -2.26. The van der Waals surface area contributed by atoms with E-state index in [1.807, 2.05) is 30.3 Å². The number of primary amides is 1. The van der Waals surface area contributed by atoms with Crippen molar-refractivity contribution in [2.24, 2.45) is 5.73 Å². The Balaban J connectivity index is 1.62. The molecule has 5 rings (SSSR count). The van der Waals surface area contributed by atoms with Crippen LogP contribution >= 0.6 is 15.9 Å². The Morgan fingerprint density at radius 1 is 1.13 bits per heavy atom. The zero-order valence-corrected chi connectivity index (χ0v) is 23.1. The van der Waals surface area contributed by atoms with Crippen LogP contribution in [0.4, 0.5) is 10.1 Å². The Labute approximate surface area is 229 Å². The number of benzene rings is 3. The van der Waals surface area contributed by atoms with E-state index in [1.165, 1.54) is 22.7 Å². The SMILES string of the molecule is C=C(CN(c1cc2oc(Cc3ccc(F)cc3)c(C(N)=O)c2cc1C1CC1)S(C)(=O)=O)c1ccc(Br)cc1. The van der Waals surface area contributed by atoms with Crippen molar-refractivity contribution in [2.45, 2.75) is 25.2 Å². The summed E-state index contributed by atoms with van der Waals surface area (Å²) in [6.07, 6.45) is 3.23. The van der Waals surface area contributed by atoms with E-state index in [1.54, 1.807) is 18.2 Å². The van der Waals surface area contributed by atoms with Crippen LogP contribution in [0.15, 0.2) is 76.1 Å². The number of nitrogens with two attached hydrogens (primary N) is 1. The van der Waals surface area contributed by atoms with E-state index in [9.17, 15) is 17.6 Å². The van der Waals surface area contributed by atoms with Gasteiger partial charge >= 0.3 is 0 Å². The minimum Gasteiger partial charge on any atom is -0.460 e. The minimum absolute atomic E-state index is 0.0531. The van der Waals surface area contributed by atoms with Crippen molar-refractivity contribution in [3.8, 4) is 0 Å². The van der Waals surface area contributed by atoms with Gasteiger partial charge in [0.25, 0.3) is 5.91 Å². The topological polar surface area (TPSA) is 93.6 Å². The number of amides is 1. The van der Waals surface area contributed by atoms with E-state index >= 15 is 0 Å². The summed E-state index contributed by atoms with van der Waals surface area (Å²) in [6.45, 7) is 4.20. The molecule has 0 atom stereocenters. The normalized spacial score (nSPS) is 13.6. The number of hydrogen-bond donors (Lipinski definition) is 1. The first kappa shape index (κ1) is 26.2. The summed E-state index contributed by atoms with van der Waals surface area (Å²) in [5.41, 5.74) is 9.92. The zero-order valence-electron chi connectivity index (χ0n) is 20.7. The number of rotatable bonds is 9. The van der Waals surface area contributed by atoms with Crippen LogP contribution in [0.5, 0.6) is 0 Å². The summed E-state index contributed by atoms with van der Waals surface area (Å²) in [5.74, 6) is -0.490. The Kier molecular flexibility index (Phi) is 6.92. The predicted octanol–water partition coefficient (Wildman–Crippen LogP) is 6.38. The van der Waals surface area contributed by atoms with Gasteiger partial charge in [0.05, 0.1) is 24.1 Å². The maximum atomic E-state index is 13.4. The Bertz CT molecular complexity index is 1660. The number of anilines is 1. The monoisotopic (exact) mass is 596 g/mol. The minimum atomic E-state index is -3.70. The van der Waals surface area contributed by atoms with E-state index in [4.69, 9.17) is 10.2 Å². The smallest absolute Gasteiger partial charge is 0.252 e. The maximum Gasteiger partial charge on any atom is 0.252 e. The zero-order chi connectivity index (χ0) is 27.2. The Morgan fingerprint density at radius 2 is 1.79 bits per heavy atom. The average molecular weight is 598 g/mol. The van der Waals surface area contributed by atoms with Gasteiger partial charge in [-0.3, -0.25) is 9.10 Å². The molecule has 1 aliphatic rings. The van der Waals surface area contributed by atoms with Gasteiger partial charge in [-0.05, 0) is 71.4 Å². The Morgan fingerprint density at radius 3 is 2.37 bits per heavy atom. The van der Waals surface area contributed by atoms with E-state index in [0.29, 0.717) is 28.0 Å². The van der Waals surface area contributed by atoms with Crippen LogP contribution in [-0.4, -0.2) is 27.1 Å². The molecule has 1 aliphatic carbocycles. The largest absolute Gasteiger partial charge is 0.460 e. The fourth-order valence-electron chi connectivity index (χ4n) is 4.65.